The van der Waals surface area contributed by atoms with E-state index < -0.39 is 5.97 Å². The van der Waals surface area contributed by atoms with E-state index in [1.165, 1.54) is 24.2 Å². The van der Waals surface area contributed by atoms with E-state index in [-0.39, 0.29) is 22.8 Å². The quantitative estimate of drug-likeness (QED) is 0.683. The minimum absolute atomic E-state index is 0.0506. The van der Waals surface area contributed by atoms with Crippen LogP contribution < -0.4 is 0 Å². The molecule has 21 heavy (non-hydrogen) atoms. The minimum atomic E-state index is -0.557. The number of hydrogen-bond acceptors (Lipinski definition) is 4. The fourth-order valence-electron chi connectivity index (χ4n) is 2.37. The predicted molar refractivity (Wildman–Crippen MR) is 78.2 cm³/mol. The monoisotopic (exact) mass is 287 g/mol. The average molecular weight is 287 g/mol. The number of benzene rings is 1. The van der Waals surface area contributed by atoms with E-state index in [1.54, 1.807) is 25.1 Å². The number of esters is 1. The number of nitrogens with zero attached hydrogens (tertiary/aromatic N) is 1. The topological polar surface area (TPSA) is 66.8 Å². The molecule has 1 aromatic carbocycles. The zero-order valence-corrected chi connectivity index (χ0v) is 12.2. The Balaban J connectivity index is 2.58. The van der Waals surface area contributed by atoms with Crippen LogP contribution in [0.15, 0.2) is 41.1 Å². The van der Waals surface area contributed by atoms with E-state index >= 15 is 0 Å². The van der Waals surface area contributed by atoms with Crippen LogP contribution in [-0.4, -0.2) is 35.5 Å². The van der Waals surface area contributed by atoms with E-state index in [9.17, 15) is 14.7 Å². The molecule has 2 rings (SSSR count). The number of phenols is 1. The second kappa shape index (κ2) is 5.83. The molecule has 1 aliphatic heterocycles. The Hall–Kier alpha value is -2.56. The lowest BCUT2D eigenvalue weighted by molar-refractivity contribution is -0.136. The van der Waals surface area contributed by atoms with E-state index in [4.69, 9.17) is 4.74 Å². The highest BCUT2D eigenvalue weighted by Gasteiger charge is 2.36. The van der Waals surface area contributed by atoms with Crippen molar-refractivity contribution in [1.29, 1.82) is 0 Å². The molecule has 0 aromatic heterocycles. The van der Waals surface area contributed by atoms with Gasteiger partial charge >= 0.3 is 5.97 Å². The third kappa shape index (κ3) is 2.54. The van der Waals surface area contributed by atoms with Gasteiger partial charge in [-0.3, -0.25) is 4.79 Å². The summed E-state index contributed by atoms with van der Waals surface area (Å²) in [6, 6.07) is 6.64. The molecule has 0 saturated heterocycles. The van der Waals surface area contributed by atoms with Crippen molar-refractivity contribution >= 4 is 18.0 Å². The Morgan fingerprint density at radius 2 is 2.05 bits per heavy atom. The van der Waals surface area contributed by atoms with Crippen LogP contribution >= 0.6 is 0 Å². The van der Waals surface area contributed by atoms with Crippen LogP contribution in [0.1, 0.15) is 19.4 Å². The van der Waals surface area contributed by atoms with Crippen molar-refractivity contribution in [1.82, 2.24) is 4.90 Å². The maximum Gasteiger partial charge on any atom is 0.340 e. The molecule has 110 valence electrons. The molecule has 1 amide bonds. The summed E-state index contributed by atoms with van der Waals surface area (Å²) in [4.78, 5) is 25.9. The number of ether oxygens (including phenoxy) is 1. The summed E-state index contributed by atoms with van der Waals surface area (Å²) in [5.41, 5.74) is 1.53. The number of methoxy groups -OCH3 is 1. The molecule has 0 atom stereocenters. The maximum atomic E-state index is 12.4. The number of carbonyl (C=O) groups is 2. The first-order chi connectivity index (χ1) is 10.0. The molecular formula is C16H17NO4. The first-order valence-corrected chi connectivity index (χ1v) is 6.62. The van der Waals surface area contributed by atoms with Gasteiger partial charge in [0.15, 0.2) is 0 Å². The molecule has 1 aromatic rings. The average Bonchev–Trinajstić information content (AvgIpc) is 2.71. The number of para-hydroxylation sites is 1. The number of aromatic hydroxyl groups is 1. The highest BCUT2D eigenvalue weighted by molar-refractivity contribution is 6.16. The Labute approximate surface area is 123 Å². The molecule has 0 saturated carbocycles. The van der Waals surface area contributed by atoms with Gasteiger partial charge in [-0.2, -0.15) is 0 Å². The summed E-state index contributed by atoms with van der Waals surface area (Å²) in [6.45, 7) is 4.00. The second-order valence-corrected chi connectivity index (χ2v) is 4.62. The van der Waals surface area contributed by atoms with Crippen LogP contribution in [-0.2, 0) is 14.3 Å². The summed E-state index contributed by atoms with van der Waals surface area (Å²) in [7, 11) is 1.28. The Morgan fingerprint density at radius 1 is 1.38 bits per heavy atom. The van der Waals surface area contributed by atoms with Gasteiger partial charge in [-0.25, -0.2) is 4.79 Å². The minimum Gasteiger partial charge on any atom is -0.507 e. The maximum absolute atomic E-state index is 12.4. The third-order valence-corrected chi connectivity index (χ3v) is 3.45. The number of phenolic OH excluding ortho intramolecular Hbond substituents is 1. The van der Waals surface area contributed by atoms with E-state index in [0.717, 1.165) is 0 Å². The lowest BCUT2D eigenvalue weighted by atomic mass is 10.0. The second-order valence-electron chi connectivity index (χ2n) is 4.62. The number of rotatable bonds is 3. The lowest BCUT2D eigenvalue weighted by Gasteiger charge is -2.14. The van der Waals surface area contributed by atoms with Gasteiger partial charge < -0.3 is 14.7 Å². The van der Waals surface area contributed by atoms with Gasteiger partial charge in [0.05, 0.1) is 18.3 Å². The van der Waals surface area contributed by atoms with Crippen LogP contribution in [0.2, 0.25) is 0 Å². The normalized spacial score (nSPS) is 16.8. The summed E-state index contributed by atoms with van der Waals surface area (Å²) < 4.78 is 4.76. The highest BCUT2D eigenvalue weighted by atomic mass is 16.5. The standard InChI is InChI=1S/C16H17NO4/c1-4-17-10(2)14(16(20)21-3)12(15(17)19)9-11-7-5-6-8-13(11)18/h5-9,18H,4H2,1-3H3. The molecule has 0 spiro atoms. The van der Waals surface area contributed by atoms with Crippen molar-refractivity contribution in [2.75, 3.05) is 13.7 Å². The summed E-state index contributed by atoms with van der Waals surface area (Å²) in [5.74, 6) is -0.772. The van der Waals surface area contributed by atoms with Crippen molar-refractivity contribution in [2.24, 2.45) is 0 Å². The summed E-state index contributed by atoms with van der Waals surface area (Å²) in [6.07, 6.45) is 1.52. The zero-order valence-electron chi connectivity index (χ0n) is 12.2. The number of hydrogen-bond donors (Lipinski definition) is 1. The number of amides is 1. The molecule has 1 heterocycles. The smallest absolute Gasteiger partial charge is 0.340 e. The Bertz CT molecular complexity index is 658. The molecule has 5 nitrogen and oxygen atoms in total. The van der Waals surface area contributed by atoms with Crippen molar-refractivity contribution < 1.29 is 19.4 Å². The van der Waals surface area contributed by atoms with Gasteiger partial charge in [-0.15, -0.1) is 0 Å². The summed E-state index contributed by atoms with van der Waals surface area (Å²) in [5, 5.41) is 9.83. The van der Waals surface area contributed by atoms with E-state index in [2.05, 4.69) is 0 Å². The van der Waals surface area contributed by atoms with Gasteiger partial charge in [0, 0.05) is 17.8 Å². The predicted octanol–water partition coefficient (Wildman–Crippen LogP) is 2.08. The van der Waals surface area contributed by atoms with Crippen LogP contribution in [0.4, 0.5) is 0 Å². The molecule has 0 aliphatic carbocycles. The molecule has 1 N–H and O–H groups in total. The van der Waals surface area contributed by atoms with Crippen LogP contribution in [0.3, 0.4) is 0 Å². The molecule has 5 heteroatoms. The van der Waals surface area contributed by atoms with Crippen LogP contribution in [0.25, 0.3) is 6.08 Å². The number of allylic oxidation sites excluding steroid dienone is 1. The first kappa shape index (κ1) is 14.8. The van der Waals surface area contributed by atoms with Gasteiger partial charge in [0.2, 0.25) is 0 Å². The summed E-state index contributed by atoms with van der Waals surface area (Å²) >= 11 is 0. The van der Waals surface area contributed by atoms with Gasteiger partial charge in [-0.05, 0) is 26.0 Å². The number of likely N-dealkylation sites (N-methyl/N-ethyl adjacent to an activating group) is 1. The third-order valence-electron chi connectivity index (χ3n) is 3.45. The molecule has 0 unspecified atom stereocenters. The fourth-order valence-corrected chi connectivity index (χ4v) is 2.37. The molecule has 0 bridgehead atoms. The van der Waals surface area contributed by atoms with Crippen molar-refractivity contribution in [3.05, 3.63) is 46.7 Å². The molecule has 0 fully saturated rings. The largest absolute Gasteiger partial charge is 0.507 e. The first-order valence-electron chi connectivity index (χ1n) is 6.62. The Morgan fingerprint density at radius 3 is 2.62 bits per heavy atom. The van der Waals surface area contributed by atoms with Crippen molar-refractivity contribution in [3.63, 3.8) is 0 Å². The van der Waals surface area contributed by atoms with Crippen molar-refractivity contribution in [3.8, 4) is 5.75 Å². The number of carbonyl (C=O) groups excluding carboxylic acids is 2. The van der Waals surface area contributed by atoms with Crippen LogP contribution in [0, 0.1) is 0 Å². The van der Waals surface area contributed by atoms with Gasteiger partial charge in [0.1, 0.15) is 5.75 Å². The van der Waals surface area contributed by atoms with E-state index in [1.807, 2.05) is 6.92 Å². The van der Waals surface area contributed by atoms with Gasteiger partial charge in [-0.1, -0.05) is 18.2 Å². The SMILES string of the molecule is CCN1C(=O)C(=Cc2ccccc2O)C(C(=O)OC)=C1C. The lowest BCUT2D eigenvalue weighted by Crippen LogP contribution is -2.24. The Kier molecular flexibility index (Phi) is 4.12. The van der Waals surface area contributed by atoms with Crippen LogP contribution in [0.5, 0.6) is 5.75 Å². The highest BCUT2D eigenvalue weighted by Crippen LogP contribution is 2.32. The zero-order chi connectivity index (χ0) is 15.6. The molecular weight excluding hydrogens is 270 g/mol. The molecule has 1 aliphatic rings. The fraction of sp³-hybridized carbons (Fsp3) is 0.250. The van der Waals surface area contributed by atoms with Gasteiger partial charge in [0.25, 0.3) is 5.91 Å². The molecule has 0 radical (unpaired) electrons. The van der Waals surface area contributed by atoms with Crippen molar-refractivity contribution in [2.45, 2.75) is 13.8 Å². The van der Waals surface area contributed by atoms with E-state index in [0.29, 0.717) is 17.8 Å².